The second-order valence-corrected chi connectivity index (χ2v) is 11.5. The molecular weight excluding hydrogens is 572 g/mol. The van der Waals surface area contributed by atoms with E-state index >= 15 is 0 Å². The number of rotatable bonds is 10. The molecule has 6 rings (SSSR count). The molecule has 1 amide bonds. The van der Waals surface area contributed by atoms with E-state index in [0.29, 0.717) is 64.5 Å². The first kappa shape index (κ1) is 29.0. The van der Waals surface area contributed by atoms with E-state index in [1.807, 2.05) is 35.6 Å². The zero-order valence-corrected chi connectivity index (χ0v) is 25.4. The van der Waals surface area contributed by atoms with Crippen LogP contribution >= 0.6 is 11.3 Å². The van der Waals surface area contributed by atoms with Crippen molar-refractivity contribution in [2.24, 2.45) is 0 Å². The monoisotopic (exact) mass is 606 g/mol. The van der Waals surface area contributed by atoms with E-state index in [0.717, 1.165) is 30.7 Å². The largest absolute Gasteiger partial charge is 0.503 e. The zero-order chi connectivity index (χ0) is 30.2. The number of hydrogen-bond acceptors (Lipinski definition) is 10. The van der Waals surface area contributed by atoms with Crippen LogP contribution in [0.5, 0.6) is 17.2 Å². The van der Waals surface area contributed by atoms with E-state index in [4.69, 9.17) is 23.9 Å². The molecule has 0 saturated carbocycles. The predicted octanol–water partition coefficient (Wildman–Crippen LogP) is 4.18. The van der Waals surface area contributed by atoms with Crippen LogP contribution in [-0.4, -0.2) is 96.7 Å². The smallest absolute Gasteiger partial charge is 0.290 e. The van der Waals surface area contributed by atoms with Gasteiger partial charge in [0.15, 0.2) is 22.2 Å². The van der Waals surface area contributed by atoms with Crippen molar-refractivity contribution in [3.8, 4) is 17.2 Å². The van der Waals surface area contributed by atoms with Gasteiger partial charge in [0.25, 0.3) is 5.91 Å². The first-order chi connectivity index (χ1) is 20.9. The molecule has 1 fully saturated rings. The lowest BCUT2D eigenvalue weighted by Crippen LogP contribution is -2.39. The Hall–Kier alpha value is -4.13. The third-order valence-corrected chi connectivity index (χ3v) is 9.26. The molecular formula is C31H34N4O7S. The summed E-state index contributed by atoms with van der Waals surface area (Å²) in [6.45, 7) is 5.95. The number of amides is 1. The van der Waals surface area contributed by atoms with Crippen LogP contribution < -0.4 is 14.2 Å². The Morgan fingerprint density at radius 3 is 2.44 bits per heavy atom. The van der Waals surface area contributed by atoms with Crippen LogP contribution in [0.3, 0.4) is 0 Å². The lowest BCUT2D eigenvalue weighted by atomic mass is 9.94. The van der Waals surface area contributed by atoms with E-state index in [9.17, 15) is 14.7 Å². The standard InChI is InChI=1S/C31H34N4O7S/c1-18-29(43-31-32-20-8-5-6-9-21(20)35(18)31)26(36)24-25(19-16-22(39-2)28(41-4)23(17-19)40-3)34(30(38)27(24)37)11-7-10-33-12-14-42-15-13-33/h5-6,8-9,16-17,25,37H,7,10-15H2,1-4H3. The fourth-order valence-electron chi connectivity index (χ4n) is 6.01. The van der Waals surface area contributed by atoms with E-state index in [2.05, 4.69) is 4.90 Å². The molecule has 2 aliphatic rings. The summed E-state index contributed by atoms with van der Waals surface area (Å²) in [5.74, 6) is -0.405. The number of benzene rings is 2. The van der Waals surface area contributed by atoms with Crippen LogP contribution in [0.4, 0.5) is 0 Å². The molecule has 1 atom stereocenters. The molecule has 1 unspecified atom stereocenters. The number of para-hydroxylation sites is 2. The van der Waals surface area contributed by atoms with E-state index < -0.39 is 23.5 Å². The number of nitrogens with zero attached hydrogens (tertiary/aromatic N) is 4. The summed E-state index contributed by atoms with van der Waals surface area (Å²) in [7, 11) is 4.53. The highest BCUT2D eigenvalue weighted by atomic mass is 32.1. The highest BCUT2D eigenvalue weighted by Gasteiger charge is 2.45. The minimum atomic E-state index is -0.871. The number of aliphatic hydroxyl groups excluding tert-OH is 1. The summed E-state index contributed by atoms with van der Waals surface area (Å²) < 4.78 is 24.1. The SMILES string of the molecule is COc1cc(C2C(C(=O)c3sc4nc5ccccc5n4c3C)=C(O)C(=O)N2CCCN2CCOCC2)cc(OC)c1OC. The van der Waals surface area contributed by atoms with Gasteiger partial charge in [-0.1, -0.05) is 23.5 Å². The Bertz CT molecular complexity index is 1710. The highest BCUT2D eigenvalue weighted by molar-refractivity contribution is 7.19. The number of carbonyl (C=O) groups is 2. The molecule has 2 aromatic heterocycles. The number of morpholine rings is 1. The fraction of sp³-hybridized carbons (Fsp3) is 0.387. The van der Waals surface area contributed by atoms with E-state index in [-0.39, 0.29) is 5.57 Å². The third kappa shape index (κ3) is 4.98. The molecule has 4 aromatic rings. The van der Waals surface area contributed by atoms with Gasteiger partial charge in [0.1, 0.15) is 0 Å². The van der Waals surface area contributed by atoms with Crippen molar-refractivity contribution in [2.45, 2.75) is 19.4 Å². The summed E-state index contributed by atoms with van der Waals surface area (Å²) in [4.78, 5) is 37.7. The van der Waals surface area contributed by atoms with Gasteiger partial charge in [-0.25, -0.2) is 4.98 Å². The van der Waals surface area contributed by atoms with Gasteiger partial charge in [-0.05, 0) is 43.2 Å². The number of carbonyl (C=O) groups excluding carboxylic acids is 2. The molecule has 0 radical (unpaired) electrons. The summed E-state index contributed by atoms with van der Waals surface area (Å²) in [5.41, 5.74) is 2.99. The van der Waals surface area contributed by atoms with E-state index in [1.54, 1.807) is 17.0 Å². The maximum atomic E-state index is 14.4. The van der Waals surface area contributed by atoms with Crippen molar-refractivity contribution in [1.82, 2.24) is 19.2 Å². The predicted molar refractivity (Wildman–Crippen MR) is 162 cm³/mol. The summed E-state index contributed by atoms with van der Waals surface area (Å²) in [6.07, 6.45) is 0.652. The molecule has 2 aliphatic heterocycles. The van der Waals surface area contributed by atoms with Gasteiger partial charge in [0.05, 0.1) is 62.1 Å². The van der Waals surface area contributed by atoms with Gasteiger partial charge in [-0.3, -0.25) is 18.9 Å². The van der Waals surface area contributed by atoms with Crippen LogP contribution in [0.1, 0.15) is 33.4 Å². The van der Waals surface area contributed by atoms with Gasteiger partial charge in [0.2, 0.25) is 11.5 Å². The number of thiazole rings is 1. The van der Waals surface area contributed by atoms with Crippen molar-refractivity contribution in [3.05, 3.63) is 63.9 Å². The maximum Gasteiger partial charge on any atom is 0.290 e. The van der Waals surface area contributed by atoms with Crippen molar-refractivity contribution in [3.63, 3.8) is 0 Å². The van der Waals surface area contributed by atoms with Gasteiger partial charge < -0.3 is 29.0 Å². The third-order valence-electron chi connectivity index (χ3n) is 8.12. The minimum Gasteiger partial charge on any atom is -0.503 e. The van der Waals surface area contributed by atoms with Gasteiger partial charge in [-0.2, -0.15) is 0 Å². The number of hydrogen-bond donors (Lipinski definition) is 1. The molecule has 0 bridgehead atoms. The Balaban J connectivity index is 1.42. The molecule has 0 aliphatic carbocycles. The van der Waals surface area contributed by atoms with Crippen molar-refractivity contribution in [1.29, 1.82) is 0 Å². The molecule has 1 N–H and O–H groups in total. The second kappa shape index (κ2) is 11.9. The number of fused-ring (bicyclic) bond motifs is 3. The average molecular weight is 607 g/mol. The number of imidazole rings is 1. The van der Waals surface area contributed by atoms with Crippen LogP contribution in [0.2, 0.25) is 0 Å². The van der Waals surface area contributed by atoms with Crippen LogP contribution in [0, 0.1) is 6.92 Å². The van der Waals surface area contributed by atoms with Crippen LogP contribution in [-0.2, 0) is 9.53 Å². The number of aliphatic hydroxyl groups is 1. The van der Waals surface area contributed by atoms with Crippen LogP contribution in [0.25, 0.3) is 16.0 Å². The average Bonchev–Trinajstić information content (AvgIpc) is 3.64. The highest BCUT2D eigenvalue weighted by Crippen LogP contribution is 2.46. The van der Waals surface area contributed by atoms with Gasteiger partial charge >= 0.3 is 0 Å². The van der Waals surface area contributed by atoms with Crippen molar-refractivity contribution in [2.75, 3.05) is 60.7 Å². The second-order valence-electron chi connectivity index (χ2n) is 10.5. The lowest BCUT2D eigenvalue weighted by Gasteiger charge is -2.30. The molecule has 11 nitrogen and oxygen atoms in total. The Kier molecular flexibility index (Phi) is 7.99. The quantitative estimate of drug-likeness (QED) is 0.266. The summed E-state index contributed by atoms with van der Waals surface area (Å²) in [6, 6.07) is 10.3. The lowest BCUT2D eigenvalue weighted by molar-refractivity contribution is -0.129. The minimum absolute atomic E-state index is 0.0163. The number of ketones is 1. The first-order valence-corrected chi connectivity index (χ1v) is 14.9. The number of methoxy groups -OCH3 is 3. The molecule has 12 heteroatoms. The zero-order valence-electron chi connectivity index (χ0n) is 24.6. The van der Waals surface area contributed by atoms with Crippen molar-refractivity contribution < 1.29 is 33.6 Å². The Morgan fingerprint density at radius 1 is 1.07 bits per heavy atom. The fourth-order valence-corrected chi connectivity index (χ4v) is 7.10. The number of aryl methyl sites for hydroxylation is 1. The Morgan fingerprint density at radius 2 is 1.77 bits per heavy atom. The van der Waals surface area contributed by atoms with Crippen LogP contribution in [0.15, 0.2) is 47.7 Å². The van der Waals surface area contributed by atoms with Gasteiger partial charge in [0, 0.05) is 31.9 Å². The topological polar surface area (TPSA) is 115 Å². The number of Topliss-reactive ketones (excluding diaryl/α,β-unsaturated/α-hetero) is 1. The summed E-state index contributed by atoms with van der Waals surface area (Å²) >= 11 is 1.24. The molecule has 226 valence electrons. The first-order valence-electron chi connectivity index (χ1n) is 14.1. The normalized spacial score (nSPS) is 17.8. The number of ether oxygens (including phenoxy) is 4. The molecule has 2 aromatic carbocycles. The molecule has 0 spiro atoms. The number of aromatic nitrogens is 2. The Labute approximate surface area is 252 Å². The molecule has 4 heterocycles. The molecule has 1 saturated heterocycles. The summed E-state index contributed by atoms with van der Waals surface area (Å²) in [5, 5.41) is 11.3. The van der Waals surface area contributed by atoms with E-state index in [1.165, 1.54) is 32.7 Å². The van der Waals surface area contributed by atoms with Gasteiger partial charge in [-0.15, -0.1) is 0 Å². The molecule has 43 heavy (non-hydrogen) atoms. The van der Waals surface area contributed by atoms with Crippen molar-refractivity contribution >= 4 is 39.0 Å². The maximum absolute atomic E-state index is 14.4.